The molecule has 5 heteroatoms. The molecule has 0 aliphatic heterocycles. The lowest BCUT2D eigenvalue weighted by Gasteiger charge is -2.01. The summed E-state index contributed by atoms with van der Waals surface area (Å²) in [4.78, 5) is 5.82. The Morgan fingerprint density at radius 1 is 1.00 bits per heavy atom. The molecule has 3 heterocycles. The van der Waals surface area contributed by atoms with Crippen LogP contribution in [0.5, 0.6) is 0 Å². The van der Waals surface area contributed by atoms with Gasteiger partial charge in [-0.2, -0.15) is 0 Å². The molecular formula is C19H16N4S. The highest BCUT2D eigenvalue weighted by Crippen LogP contribution is 2.35. The number of aryl methyl sites for hydroxylation is 1. The first-order chi connectivity index (χ1) is 11.9. The standard InChI is InChI=1S/C19H16N4S/c1-2-14-8-3-4-9-15(14)21-22-19-18(16-10-7-13-24-16)20-17-11-5-6-12-23(17)19/h3-13H,2H2,1H3. The van der Waals surface area contributed by atoms with Gasteiger partial charge in [0.2, 0.25) is 0 Å². The van der Waals surface area contributed by atoms with Crippen LogP contribution in [0, 0.1) is 0 Å². The molecule has 0 saturated carbocycles. The molecule has 1 aromatic carbocycles. The summed E-state index contributed by atoms with van der Waals surface area (Å²) in [6.45, 7) is 2.12. The summed E-state index contributed by atoms with van der Waals surface area (Å²) in [5, 5.41) is 11.1. The van der Waals surface area contributed by atoms with Crippen LogP contribution in [0.3, 0.4) is 0 Å². The van der Waals surface area contributed by atoms with Gasteiger partial charge in [-0.1, -0.05) is 37.3 Å². The predicted molar refractivity (Wildman–Crippen MR) is 98.5 cm³/mol. The number of pyridine rings is 1. The maximum Gasteiger partial charge on any atom is 0.188 e. The maximum atomic E-state index is 4.73. The summed E-state index contributed by atoms with van der Waals surface area (Å²) < 4.78 is 1.98. The SMILES string of the molecule is CCc1ccccc1N=Nc1c(-c2cccs2)nc2ccccn12. The second-order valence-electron chi connectivity index (χ2n) is 5.37. The minimum absolute atomic E-state index is 0.763. The van der Waals surface area contributed by atoms with Crippen LogP contribution in [0.15, 0.2) is 76.4 Å². The van der Waals surface area contributed by atoms with Crippen molar-refractivity contribution in [3.8, 4) is 10.6 Å². The fourth-order valence-electron chi connectivity index (χ4n) is 2.67. The third-order valence-corrected chi connectivity index (χ3v) is 4.76. The van der Waals surface area contributed by atoms with Crippen LogP contribution in [-0.2, 0) is 6.42 Å². The van der Waals surface area contributed by atoms with Gasteiger partial charge in [0.05, 0.1) is 10.6 Å². The van der Waals surface area contributed by atoms with Gasteiger partial charge in [0.1, 0.15) is 11.3 Å². The Morgan fingerprint density at radius 3 is 2.71 bits per heavy atom. The van der Waals surface area contributed by atoms with Gasteiger partial charge >= 0.3 is 0 Å². The molecule has 0 fully saturated rings. The summed E-state index contributed by atoms with van der Waals surface area (Å²) in [5.74, 6) is 0.763. The molecule has 0 spiro atoms. The first kappa shape index (κ1) is 14.8. The number of fused-ring (bicyclic) bond motifs is 1. The van der Waals surface area contributed by atoms with Gasteiger partial charge in [-0.15, -0.1) is 21.6 Å². The Kier molecular flexibility index (Phi) is 3.92. The number of imidazole rings is 1. The second-order valence-corrected chi connectivity index (χ2v) is 6.32. The monoisotopic (exact) mass is 332 g/mol. The lowest BCUT2D eigenvalue weighted by atomic mass is 10.1. The molecule has 0 amide bonds. The van der Waals surface area contributed by atoms with E-state index in [1.165, 1.54) is 5.56 Å². The van der Waals surface area contributed by atoms with E-state index in [0.717, 1.165) is 34.1 Å². The molecule has 0 bridgehead atoms. The van der Waals surface area contributed by atoms with E-state index in [0.29, 0.717) is 0 Å². The lowest BCUT2D eigenvalue weighted by Crippen LogP contribution is -1.82. The highest BCUT2D eigenvalue weighted by Gasteiger charge is 2.14. The second kappa shape index (κ2) is 6.37. The van der Waals surface area contributed by atoms with Gasteiger partial charge in [-0.05, 0) is 41.6 Å². The van der Waals surface area contributed by atoms with E-state index in [-0.39, 0.29) is 0 Å². The molecular weight excluding hydrogens is 316 g/mol. The zero-order chi connectivity index (χ0) is 16.4. The molecule has 0 radical (unpaired) electrons. The molecule has 3 aromatic heterocycles. The number of benzene rings is 1. The molecule has 4 nitrogen and oxygen atoms in total. The summed E-state index contributed by atoms with van der Waals surface area (Å²) in [6.07, 6.45) is 2.90. The van der Waals surface area contributed by atoms with Crippen LogP contribution in [0.2, 0.25) is 0 Å². The van der Waals surface area contributed by atoms with Crippen LogP contribution >= 0.6 is 11.3 Å². The van der Waals surface area contributed by atoms with E-state index < -0.39 is 0 Å². The first-order valence-electron chi connectivity index (χ1n) is 7.87. The number of rotatable bonds is 4. The van der Waals surface area contributed by atoms with Crippen molar-refractivity contribution in [3.05, 3.63) is 71.7 Å². The van der Waals surface area contributed by atoms with Gasteiger partial charge < -0.3 is 0 Å². The van der Waals surface area contributed by atoms with Crippen molar-refractivity contribution >= 4 is 28.5 Å². The molecule has 0 aliphatic carbocycles. The molecule has 0 aliphatic rings. The van der Waals surface area contributed by atoms with Crippen LogP contribution < -0.4 is 0 Å². The van der Waals surface area contributed by atoms with Crippen molar-refractivity contribution in [3.63, 3.8) is 0 Å². The van der Waals surface area contributed by atoms with E-state index >= 15 is 0 Å². The van der Waals surface area contributed by atoms with Crippen molar-refractivity contribution < 1.29 is 0 Å². The molecule has 4 aromatic rings. The Balaban J connectivity index is 1.86. The number of hydrogen-bond donors (Lipinski definition) is 0. The van der Waals surface area contributed by atoms with E-state index in [2.05, 4.69) is 29.3 Å². The van der Waals surface area contributed by atoms with Crippen molar-refractivity contribution in [2.45, 2.75) is 13.3 Å². The zero-order valence-corrected chi connectivity index (χ0v) is 14.1. The number of nitrogens with zero attached hydrogens (tertiary/aromatic N) is 4. The van der Waals surface area contributed by atoms with Gasteiger partial charge in [0.15, 0.2) is 5.82 Å². The molecule has 0 unspecified atom stereocenters. The summed E-state index contributed by atoms with van der Waals surface area (Å²) in [6, 6.07) is 18.1. The van der Waals surface area contributed by atoms with E-state index in [9.17, 15) is 0 Å². The van der Waals surface area contributed by atoms with E-state index in [4.69, 9.17) is 4.98 Å². The van der Waals surface area contributed by atoms with Crippen LogP contribution in [0.1, 0.15) is 12.5 Å². The minimum atomic E-state index is 0.763. The molecule has 0 saturated heterocycles. The van der Waals surface area contributed by atoms with Crippen LogP contribution in [-0.4, -0.2) is 9.38 Å². The van der Waals surface area contributed by atoms with Crippen molar-refractivity contribution in [1.29, 1.82) is 0 Å². The van der Waals surface area contributed by atoms with Crippen molar-refractivity contribution in [2.24, 2.45) is 10.2 Å². The van der Waals surface area contributed by atoms with Crippen LogP contribution in [0.25, 0.3) is 16.2 Å². The fourth-order valence-corrected chi connectivity index (χ4v) is 3.38. The molecule has 118 valence electrons. The average molecular weight is 332 g/mol. The third kappa shape index (κ3) is 2.63. The average Bonchev–Trinajstić information content (AvgIpc) is 3.27. The molecule has 0 N–H and O–H groups in total. The van der Waals surface area contributed by atoms with Gasteiger partial charge in [-0.25, -0.2) is 4.98 Å². The maximum absolute atomic E-state index is 4.73. The van der Waals surface area contributed by atoms with E-state index in [1.54, 1.807) is 11.3 Å². The van der Waals surface area contributed by atoms with Crippen molar-refractivity contribution in [1.82, 2.24) is 9.38 Å². The topological polar surface area (TPSA) is 42.0 Å². The first-order valence-corrected chi connectivity index (χ1v) is 8.75. The predicted octanol–water partition coefficient (Wildman–Crippen LogP) is 6.04. The third-order valence-electron chi connectivity index (χ3n) is 3.88. The summed E-state index contributed by atoms with van der Waals surface area (Å²) in [5.41, 5.74) is 3.84. The Hall–Kier alpha value is -2.79. The number of aromatic nitrogens is 2. The smallest absolute Gasteiger partial charge is 0.188 e. The van der Waals surface area contributed by atoms with Gasteiger partial charge in [-0.3, -0.25) is 4.40 Å². The van der Waals surface area contributed by atoms with Gasteiger partial charge in [0.25, 0.3) is 0 Å². The zero-order valence-electron chi connectivity index (χ0n) is 13.3. The quantitative estimate of drug-likeness (QED) is 0.420. The highest BCUT2D eigenvalue weighted by atomic mass is 32.1. The van der Waals surface area contributed by atoms with Crippen LogP contribution in [0.4, 0.5) is 11.5 Å². The minimum Gasteiger partial charge on any atom is -0.283 e. The lowest BCUT2D eigenvalue weighted by molar-refractivity contribution is 1.08. The molecule has 4 rings (SSSR count). The number of hydrogen-bond acceptors (Lipinski definition) is 4. The van der Waals surface area contributed by atoms with E-state index in [1.807, 2.05) is 58.4 Å². The molecule has 0 atom stereocenters. The number of thiophene rings is 1. The normalized spacial score (nSPS) is 11.5. The molecule has 24 heavy (non-hydrogen) atoms. The summed E-state index contributed by atoms with van der Waals surface area (Å²) >= 11 is 1.66. The highest BCUT2D eigenvalue weighted by molar-refractivity contribution is 7.13. The Labute approximate surface area is 144 Å². The van der Waals surface area contributed by atoms with Gasteiger partial charge in [0, 0.05) is 6.20 Å². The fraction of sp³-hybridized carbons (Fsp3) is 0.105. The summed E-state index contributed by atoms with van der Waals surface area (Å²) in [7, 11) is 0. The largest absolute Gasteiger partial charge is 0.283 e. The Bertz CT molecular complexity index is 999. The number of azo groups is 1. The Morgan fingerprint density at radius 2 is 1.88 bits per heavy atom. The van der Waals surface area contributed by atoms with Crippen molar-refractivity contribution in [2.75, 3.05) is 0 Å².